The van der Waals surface area contributed by atoms with Gasteiger partial charge in [0.1, 0.15) is 0 Å². The molecule has 1 nitrogen and oxygen atoms in total. The molecule has 0 bridgehead atoms. The van der Waals surface area contributed by atoms with Crippen molar-refractivity contribution in [1.82, 2.24) is 0 Å². The SMILES string of the molecule is c1ccc(-c2ccccc2-c2ccc(N(c3ccc4c(c3)C(c3ccccc3)(c3ccccc3)c3cc5ccccc5cc3-4)c3ccccc3-c3ccccc3)cc2)cc1. The number of para-hydroxylation sites is 1. The van der Waals surface area contributed by atoms with Crippen LogP contribution in [0.15, 0.2) is 249 Å². The van der Waals surface area contributed by atoms with E-state index in [-0.39, 0.29) is 0 Å². The van der Waals surface area contributed by atoms with Gasteiger partial charge in [0.2, 0.25) is 0 Å². The zero-order valence-electron chi connectivity index (χ0n) is 33.1. The predicted octanol–water partition coefficient (Wildman–Crippen LogP) is 15.7. The lowest BCUT2D eigenvalue weighted by atomic mass is 9.67. The van der Waals surface area contributed by atoms with E-state index in [2.05, 4.69) is 254 Å². The maximum Gasteiger partial charge on any atom is 0.0714 e. The first-order valence-electron chi connectivity index (χ1n) is 20.8. The van der Waals surface area contributed by atoms with E-state index in [1.165, 1.54) is 77.5 Å². The first-order valence-corrected chi connectivity index (χ1v) is 20.8. The van der Waals surface area contributed by atoms with Crippen LogP contribution >= 0.6 is 0 Å². The molecular formula is C59H41N. The number of fused-ring (bicyclic) bond motifs is 4. The molecule has 0 N–H and O–H groups in total. The maximum absolute atomic E-state index is 2.47. The number of nitrogens with zero attached hydrogens (tertiary/aromatic N) is 1. The average molecular weight is 764 g/mol. The molecule has 0 atom stereocenters. The summed E-state index contributed by atoms with van der Waals surface area (Å²) in [5.74, 6) is 0. The van der Waals surface area contributed by atoms with Crippen molar-refractivity contribution in [3.05, 3.63) is 271 Å². The summed E-state index contributed by atoms with van der Waals surface area (Å²) in [6.07, 6.45) is 0. The van der Waals surface area contributed by atoms with Crippen molar-refractivity contribution in [2.45, 2.75) is 5.41 Å². The Hall–Kier alpha value is -7.74. The van der Waals surface area contributed by atoms with Gasteiger partial charge in [-0.25, -0.2) is 0 Å². The van der Waals surface area contributed by atoms with Gasteiger partial charge in [-0.3, -0.25) is 0 Å². The second-order valence-electron chi connectivity index (χ2n) is 15.6. The number of hydrogen-bond donors (Lipinski definition) is 0. The zero-order valence-corrected chi connectivity index (χ0v) is 33.1. The second-order valence-corrected chi connectivity index (χ2v) is 15.6. The fraction of sp³-hybridized carbons (Fsp3) is 0.0169. The molecule has 0 heterocycles. The first kappa shape index (κ1) is 35.4. The van der Waals surface area contributed by atoms with E-state index in [0.717, 1.165) is 17.1 Å². The zero-order chi connectivity index (χ0) is 39.9. The summed E-state index contributed by atoms with van der Waals surface area (Å²) in [6, 6.07) is 91.1. The third kappa shape index (κ3) is 5.86. The quantitative estimate of drug-likeness (QED) is 0.149. The fourth-order valence-corrected chi connectivity index (χ4v) is 9.65. The summed E-state index contributed by atoms with van der Waals surface area (Å²) in [5.41, 5.74) is 17.6. The van der Waals surface area contributed by atoms with Gasteiger partial charge in [0, 0.05) is 16.9 Å². The number of benzene rings is 10. The highest BCUT2D eigenvalue weighted by molar-refractivity contribution is 5.98. The van der Waals surface area contributed by atoms with Crippen molar-refractivity contribution in [2.75, 3.05) is 4.90 Å². The molecule has 1 aliphatic rings. The van der Waals surface area contributed by atoms with Gasteiger partial charge in [0.15, 0.2) is 0 Å². The molecule has 0 amide bonds. The first-order chi connectivity index (χ1) is 29.8. The molecule has 1 heteroatoms. The molecule has 11 rings (SSSR count). The van der Waals surface area contributed by atoms with Crippen LogP contribution in [0.1, 0.15) is 22.3 Å². The predicted molar refractivity (Wildman–Crippen MR) is 252 cm³/mol. The number of hydrogen-bond acceptors (Lipinski definition) is 1. The second kappa shape index (κ2) is 14.9. The Morgan fingerprint density at radius 2 is 0.700 bits per heavy atom. The lowest BCUT2D eigenvalue weighted by Crippen LogP contribution is -2.28. The molecule has 0 aromatic heterocycles. The van der Waals surface area contributed by atoms with Crippen LogP contribution in [0.5, 0.6) is 0 Å². The van der Waals surface area contributed by atoms with Gasteiger partial charge in [0.05, 0.1) is 11.1 Å². The van der Waals surface area contributed by atoms with Crippen LogP contribution in [-0.4, -0.2) is 0 Å². The van der Waals surface area contributed by atoms with Crippen molar-refractivity contribution < 1.29 is 0 Å². The molecule has 0 spiro atoms. The van der Waals surface area contributed by atoms with Crippen LogP contribution in [0.25, 0.3) is 55.3 Å². The number of anilines is 3. The van der Waals surface area contributed by atoms with Gasteiger partial charge in [-0.2, -0.15) is 0 Å². The Morgan fingerprint density at radius 3 is 1.30 bits per heavy atom. The molecular weight excluding hydrogens is 723 g/mol. The minimum atomic E-state index is -0.553. The molecule has 1 aliphatic carbocycles. The van der Waals surface area contributed by atoms with Gasteiger partial charge in [-0.1, -0.05) is 206 Å². The van der Waals surface area contributed by atoms with Crippen LogP contribution in [-0.2, 0) is 5.41 Å². The summed E-state index contributed by atoms with van der Waals surface area (Å²) in [7, 11) is 0. The molecule has 10 aromatic rings. The van der Waals surface area contributed by atoms with Crippen LogP contribution in [0.4, 0.5) is 17.1 Å². The lowest BCUT2D eigenvalue weighted by Gasteiger charge is -2.35. The van der Waals surface area contributed by atoms with Crippen molar-refractivity contribution in [3.63, 3.8) is 0 Å². The Kier molecular flexibility index (Phi) is 8.79. The molecule has 282 valence electrons. The van der Waals surface area contributed by atoms with E-state index in [1.54, 1.807) is 0 Å². The summed E-state index contributed by atoms with van der Waals surface area (Å²) in [4.78, 5) is 2.45. The topological polar surface area (TPSA) is 3.24 Å². The lowest BCUT2D eigenvalue weighted by molar-refractivity contribution is 0.769. The standard InChI is InChI=1S/C59H41N/c1-5-19-42(20-6-1)51-29-15-16-30-52(51)44-33-35-49(36-34-44)60(58-32-18-17-31-53(58)43-21-7-2-8-22-43)50-37-38-54-55-39-45-23-13-14-24-46(45)40-56(55)59(57(54)41-50,47-25-9-3-10-26-47)48-27-11-4-12-28-48/h1-41H. The highest BCUT2D eigenvalue weighted by atomic mass is 15.1. The van der Waals surface area contributed by atoms with Gasteiger partial charge in [-0.05, 0) is 114 Å². The van der Waals surface area contributed by atoms with Crippen molar-refractivity contribution in [1.29, 1.82) is 0 Å². The van der Waals surface area contributed by atoms with Gasteiger partial charge >= 0.3 is 0 Å². The Morgan fingerprint density at radius 1 is 0.267 bits per heavy atom. The van der Waals surface area contributed by atoms with E-state index in [9.17, 15) is 0 Å². The molecule has 0 radical (unpaired) electrons. The largest absolute Gasteiger partial charge is 0.310 e. The maximum atomic E-state index is 2.47. The minimum absolute atomic E-state index is 0.553. The van der Waals surface area contributed by atoms with Crippen LogP contribution in [0.2, 0.25) is 0 Å². The summed E-state index contributed by atoms with van der Waals surface area (Å²) >= 11 is 0. The average Bonchev–Trinajstić information content (AvgIpc) is 3.61. The Labute approximate surface area is 352 Å². The fourth-order valence-electron chi connectivity index (χ4n) is 9.65. The number of rotatable bonds is 8. The normalized spacial score (nSPS) is 12.5. The van der Waals surface area contributed by atoms with Crippen LogP contribution in [0, 0.1) is 0 Å². The Balaban J connectivity index is 1.16. The van der Waals surface area contributed by atoms with Crippen molar-refractivity contribution in [3.8, 4) is 44.5 Å². The molecule has 0 saturated carbocycles. The van der Waals surface area contributed by atoms with Crippen molar-refractivity contribution >= 4 is 27.8 Å². The highest BCUT2D eigenvalue weighted by Crippen LogP contribution is 2.58. The van der Waals surface area contributed by atoms with Gasteiger partial charge in [0.25, 0.3) is 0 Å². The van der Waals surface area contributed by atoms with Crippen LogP contribution in [0.3, 0.4) is 0 Å². The molecule has 0 unspecified atom stereocenters. The van der Waals surface area contributed by atoms with Gasteiger partial charge < -0.3 is 4.90 Å². The monoisotopic (exact) mass is 763 g/mol. The van der Waals surface area contributed by atoms with Gasteiger partial charge in [-0.15, -0.1) is 0 Å². The third-order valence-electron chi connectivity index (χ3n) is 12.3. The summed E-state index contributed by atoms with van der Waals surface area (Å²) in [5, 5.41) is 2.49. The van der Waals surface area contributed by atoms with E-state index in [1.807, 2.05) is 0 Å². The van der Waals surface area contributed by atoms with Crippen molar-refractivity contribution in [2.24, 2.45) is 0 Å². The molecule has 60 heavy (non-hydrogen) atoms. The highest BCUT2D eigenvalue weighted by Gasteiger charge is 2.46. The smallest absolute Gasteiger partial charge is 0.0714 e. The summed E-state index contributed by atoms with van der Waals surface area (Å²) in [6.45, 7) is 0. The van der Waals surface area contributed by atoms with E-state index in [0.29, 0.717) is 0 Å². The van der Waals surface area contributed by atoms with E-state index in [4.69, 9.17) is 0 Å². The Bertz CT molecular complexity index is 3080. The molecule has 0 aliphatic heterocycles. The third-order valence-corrected chi connectivity index (χ3v) is 12.3. The van der Waals surface area contributed by atoms with E-state index < -0.39 is 5.41 Å². The minimum Gasteiger partial charge on any atom is -0.310 e. The molecule has 10 aromatic carbocycles. The van der Waals surface area contributed by atoms with Crippen LogP contribution < -0.4 is 4.90 Å². The molecule has 0 saturated heterocycles. The summed E-state index contributed by atoms with van der Waals surface area (Å²) < 4.78 is 0. The van der Waals surface area contributed by atoms with E-state index >= 15 is 0 Å². The molecule has 0 fully saturated rings.